The molecule has 0 spiro atoms. The smallest absolute Gasteiger partial charge is 0.306 e. The maximum atomic E-state index is 15.5. The summed E-state index contributed by atoms with van der Waals surface area (Å²) in [4.78, 5) is 86.9. The molecule has 0 saturated heterocycles. The predicted molar refractivity (Wildman–Crippen MR) is 383 cm³/mol. The molecular formula is C78H77BrCl4F4N6O9. The molecule has 4 aromatic carbocycles. The summed E-state index contributed by atoms with van der Waals surface area (Å²) in [6.45, 7) is 16.2. The first-order valence-electron chi connectivity index (χ1n) is 33.2. The number of carbonyl (C=O) groups is 6. The van der Waals surface area contributed by atoms with Crippen molar-refractivity contribution in [1.82, 2.24) is 15.0 Å². The summed E-state index contributed by atoms with van der Waals surface area (Å²) in [7, 11) is 0. The van der Waals surface area contributed by atoms with Gasteiger partial charge >= 0.3 is 17.9 Å². The van der Waals surface area contributed by atoms with Crippen molar-refractivity contribution in [3.05, 3.63) is 225 Å². The van der Waals surface area contributed by atoms with Gasteiger partial charge < -0.3 is 19.9 Å². The molecule has 4 fully saturated rings. The summed E-state index contributed by atoms with van der Waals surface area (Å²) >= 11 is 27.4. The lowest BCUT2D eigenvalue weighted by atomic mass is 9.88. The maximum Gasteiger partial charge on any atom is 0.306 e. The number of halogens is 9. The average molecular weight is 1540 g/mol. The van der Waals surface area contributed by atoms with Crippen LogP contribution in [-0.2, 0) is 28.6 Å². The minimum Gasteiger partial charge on any atom is -0.460 e. The molecule has 4 aliphatic rings. The number of carbonyl (C=O) groups excluding carboxylic acids is 6. The minimum atomic E-state index is -0.737. The third-order valence-corrected chi connectivity index (χ3v) is 18.5. The summed E-state index contributed by atoms with van der Waals surface area (Å²) in [6.07, 6.45) is 11.9. The zero-order valence-electron chi connectivity index (χ0n) is 57.7. The number of pyridine rings is 3. The molecule has 3 heterocycles. The molecule has 7 aromatic rings. The number of rotatable bonds is 20. The first-order valence-corrected chi connectivity index (χ1v) is 35.5. The number of ketones is 3. The molecule has 0 bridgehead atoms. The lowest BCUT2D eigenvalue weighted by molar-refractivity contribution is -0.156. The Morgan fingerprint density at radius 3 is 1.08 bits per heavy atom. The second-order valence-corrected chi connectivity index (χ2v) is 31.2. The number of ether oxygens (including phenoxy) is 3. The number of hydrogen-bond donors (Lipinski definition) is 1. The molecule has 24 heteroatoms. The zero-order chi connectivity index (χ0) is 74.9. The summed E-state index contributed by atoms with van der Waals surface area (Å²) in [5.74, 6) is -5.28. The molecule has 4 aliphatic carbocycles. The van der Waals surface area contributed by atoms with Crippen molar-refractivity contribution in [3.8, 4) is 12.1 Å². The molecular weight excluding hydrogens is 1460 g/mol. The lowest BCUT2D eigenvalue weighted by Crippen LogP contribution is -2.25. The summed E-state index contributed by atoms with van der Waals surface area (Å²) in [6, 6.07) is 25.9. The molecule has 0 unspecified atom stereocenters. The fourth-order valence-corrected chi connectivity index (χ4v) is 12.6. The maximum absolute atomic E-state index is 15.5. The molecule has 4 atom stereocenters. The first kappa shape index (κ1) is 79.7. The highest BCUT2D eigenvalue weighted by Gasteiger charge is 2.41. The van der Waals surface area contributed by atoms with E-state index < -0.39 is 69.5 Å². The van der Waals surface area contributed by atoms with Crippen LogP contribution in [0.2, 0.25) is 20.1 Å². The second kappa shape index (κ2) is 34.1. The van der Waals surface area contributed by atoms with Gasteiger partial charge in [-0.2, -0.15) is 10.5 Å². The Balaban J connectivity index is 0.000000175. The van der Waals surface area contributed by atoms with Crippen LogP contribution in [0, 0.1) is 69.6 Å². The van der Waals surface area contributed by atoms with Crippen molar-refractivity contribution in [1.29, 1.82) is 10.5 Å². The Morgan fingerprint density at radius 2 is 0.784 bits per heavy atom. The summed E-state index contributed by atoms with van der Waals surface area (Å²) < 4.78 is 76.7. The number of aromatic nitrogens is 3. The SMILES string of the molecule is CC(C)(C)OC(=O)C[C@@H](c1ccc(Cl)c(C(=O)c2ccc(Br)cn2)c1F)C1CC1.CC(C)(C)OC(=O)C[C@@H](c1ccc(Cl)c(C(=O)c2ccc(C#N)cn2)c1F)C1CC1.CC(C)(C)OC(=O)C[C@@H](c1ccc(Cl)cc1F)C1CC1.N#Cc1ccc(C(=O)c2c(Cl)ccc([C@H](N)C3CC3)c2F)nc1. The largest absolute Gasteiger partial charge is 0.460 e. The van der Waals surface area contributed by atoms with Crippen LogP contribution in [0.3, 0.4) is 0 Å². The van der Waals surface area contributed by atoms with E-state index in [9.17, 15) is 37.5 Å². The Labute approximate surface area is 619 Å². The zero-order valence-corrected chi connectivity index (χ0v) is 62.3. The van der Waals surface area contributed by atoms with Gasteiger partial charge in [-0.15, -0.1) is 0 Å². The van der Waals surface area contributed by atoms with Crippen molar-refractivity contribution >= 4 is 97.6 Å². The Kier molecular flexibility index (Phi) is 26.7. The van der Waals surface area contributed by atoms with Crippen LogP contribution in [0.5, 0.6) is 0 Å². The Bertz CT molecular complexity index is 4370. The van der Waals surface area contributed by atoms with Crippen molar-refractivity contribution in [2.24, 2.45) is 29.4 Å². The van der Waals surface area contributed by atoms with Gasteiger partial charge in [0.25, 0.3) is 0 Å². The van der Waals surface area contributed by atoms with E-state index in [-0.39, 0.29) is 127 Å². The summed E-state index contributed by atoms with van der Waals surface area (Å²) in [5, 5.41) is 18.0. The van der Waals surface area contributed by atoms with E-state index in [0.717, 1.165) is 51.4 Å². The van der Waals surface area contributed by atoms with Crippen molar-refractivity contribution in [2.45, 2.75) is 174 Å². The molecule has 536 valence electrons. The van der Waals surface area contributed by atoms with Crippen LogP contribution in [0.15, 0.2) is 114 Å². The van der Waals surface area contributed by atoms with E-state index in [1.54, 1.807) is 65.8 Å². The van der Waals surface area contributed by atoms with Crippen molar-refractivity contribution in [3.63, 3.8) is 0 Å². The summed E-state index contributed by atoms with van der Waals surface area (Å²) in [5.41, 5.74) is 5.78. The number of benzene rings is 4. The van der Waals surface area contributed by atoms with Crippen LogP contribution in [0.1, 0.15) is 238 Å². The topological polar surface area (TPSA) is 242 Å². The Hall–Kier alpha value is -7.95. The van der Waals surface area contributed by atoms with Gasteiger partial charge in [-0.05, 0) is 237 Å². The van der Waals surface area contributed by atoms with E-state index in [0.29, 0.717) is 37.7 Å². The van der Waals surface area contributed by atoms with E-state index in [1.807, 2.05) is 32.9 Å². The molecule has 3 aromatic heterocycles. The van der Waals surface area contributed by atoms with E-state index in [1.165, 1.54) is 85.3 Å². The quantitative estimate of drug-likeness (QED) is 0.0323. The van der Waals surface area contributed by atoms with Crippen LogP contribution < -0.4 is 5.73 Å². The molecule has 11 rings (SSSR count). The fourth-order valence-electron chi connectivity index (χ4n) is 11.5. The van der Waals surface area contributed by atoms with Gasteiger partial charge in [-0.25, -0.2) is 17.6 Å². The third kappa shape index (κ3) is 22.3. The number of nitrogens with zero attached hydrogens (tertiary/aromatic N) is 5. The molecule has 102 heavy (non-hydrogen) atoms. The normalized spacial score (nSPS) is 15.3. The average Bonchev–Trinajstić information content (AvgIpc) is 1.39. The highest BCUT2D eigenvalue weighted by Crippen LogP contribution is 2.49. The standard InChI is InChI=1S/C23H22ClFN2O3.C22H22BrClFNO3.C17H13ClFN3O.C16H20ClFO2/c1-23(2,3)30-19(28)10-16(14-5-6-14)15-7-8-17(24)20(21(15)25)22(29)18-9-4-13(11-26)12-27-18;1-22(2,3)29-18(27)10-15(12-4-5-12)14-7-8-16(24)19(20(14)25)21(28)17-9-6-13(23)11-26-17;18-12-5-4-11(16(21)10-2-3-10)15(19)14(12)17(23)13-6-1-9(7-20)8-22-13;1-16(2,3)20-15(19)9-13(10-4-5-10)12-7-6-11(17)8-14(12)18/h4,7-9,12,14,16H,5-6,10H2,1-3H3;6-9,11-12,15H,4-5,10H2,1-3H3;1,4-6,8,10,16H,2-3,21H2;6-8,10,13H,4-5,9H2,1-3H3/t16-;15-;16-;13-/m1111/s1. The van der Waals surface area contributed by atoms with E-state index in [4.69, 9.17) is 76.9 Å². The fraction of sp³-hybridized carbons (Fsp3) is 0.397. The van der Waals surface area contributed by atoms with Gasteiger partial charge in [0, 0.05) is 57.4 Å². The third-order valence-electron chi connectivity index (χ3n) is 16.9. The Morgan fingerprint density at radius 1 is 0.471 bits per heavy atom. The number of esters is 3. The molecule has 0 aliphatic heterocycles. The van der Waals surface area contributed by atoms with Crippen molar-refractivity contribution in [2.75, 3.05) is 0 Å². The predicted octanol–water partition coefficient (Wildman–Crippen LogP) is 19.4. The van der Waals surface area contributed by atoms with Gasteiger partial charge in [-0.3, -0.25) is 43.7 Å². The van der Waals surface area contributed by atoms with Crippen LogP contribution in [0.25, 0.3) is 0 Å². The number of hydrogen-bond acceptors (Lipinski definition) is 15. The van der Waals surface area contributed by atoms with Crippen LogP contribution >= 0.6 is 62.3 Å². The monoisotopic (exact) mass is 1540 g/mol. The molecule has 0 radical (unpaired) electrons. The molecule has 15 nitrogen and oxygen atoms in total. The second-order valence-electron chi connectivity index (χ2n) is 28.6. The van der Waals surface area contributed by atoms with Crippen LogP contribution in [0.4, 0.5) is 17.6 Å². The van der Waals surface area contributed by atoms with Crippen molar-refractivity contribution < 1.29 is 60.5 Å². The van der Waals surface area contributed by atoms with Gasteiger partial charge in [0.15, 0.2) is 0 Å². The molecule has 2 N–H and O–H groups in total. The molecule has 0 amide bonds. The number of nitrogens with two attached hydrogens (primary N) is 1. The van der Waals surface area contributed by atoms with E-state index in [2.05, 4.69) is 30.9 Å². The first-order chi connectivity index (χ1) is 48.0. The van der Waals surface area contributed by atoms with Gasteiger partial charge in [0.2, 0.25) is 17.3 Å². The lowest BCUT2D eigenvalue weighted by Gasteiger charge is -2.23. The molecule has 4 saturated carbocycles. The van der Waals surface area contributed by atoms with Gasteiger partial charge in [-0.1, -0.05) is 70.7 Å². The minimum absolute atomic E-state index is 0.0120. The van der Waals surface area contributed by atoms with E-state index >= 15 is 8.78 Å². The number of nitriles is 2. The highest BCUT2D eigenvalue weighted by molar-refractivity contribution is 9.10. The highest BCUT2D eigenvalue weighted by atomic mass is 79.9. The van der Waals surface area contributed by atoms with Crippen LogP contribution in [-0.4, -0.2) is 67.0 Å². The van der Waals surface area contributed by atoms with Gasteiger partial charge in [0.1, 0.15) is 69.3 Å². The van der Waals surface area contributed by atoms with Gasteiger partial charge in [0.05, 0.1) is 62.1 Å².